The third kappa shape index (κ3) is 3.46. The number of benzene rings is 1. The second-order valence-corrected chi connectivity index (χ2v) is 8.51. The Kier molecular flexibility index (Phi) is 5.42. The molecule has 2 N–H and O–H groups in total. The summed E-state index contributed by atoms with van der Waals surface area (Å²) < 4.78 is 5.64. The molecule has 1 spiro atoms. The molecule has 4 rings (SSSR count). The highest BCUT2D eigenvalue weighted by atomic mass is 16.7. The van der Waals surface area contributed by atoms with E-state index in [4.69, 9.17) is 9.57 Å². The Morgan fingerprint density at radius 3 is 2.45 bits per heavy atom. The predicted molar refractivity (Wildman–Crippen MR) is 107 cm³/mol. The maximum atomic E-state index is 13.5. The minimum atomic E-state index is -0.950. The fourth-order valence-electron chi connectivity index (χ4n) is 4.95. The van der Waals surface area contributed by atoms with E-state index in [1.807, 2.05) is 32.9 Å². The van der Waals surface area contributed by atoms with Gasteiger partial charge in [-0.15, -0.1) is 0 Å². The van der Waals surface area contributed by atoms with Crippen LogP contribution < -0.4 is 0 Å². The second-order valence-electron chi connectivity index (χ2n) is 8.51. The van der Waals surface area contributed by atoms with Crippen LogP contribution in [0.25, 0.3) is 5.57 Å². The highest BCUT2D eigenvalue weighted by Crippen LogP contribution is 2.46. The van der Waals surface area contributed by atoms with Gasteiger partial charge in [-0.05, 0) is 63.1 Å². The number of hydrogen-bond acceptors (Lipinski definition) is 6. The number of aryl methyl sites for hydroxylation is 3. The van der Waals surface area contributed by atoms with Crippen LogP contribution in [0.2, 0.25) is 0 Å². The monoisotopic (exact) mass is 402 g/mol. The van der Waals surface area contributed by atoms with Crippen molar-refractivity contribution in [1.29, 1.82) is 0 Å². The Hall–Kier alpha value is -1.93. The average molecular weight is 402 g/mol. The van der Waals surface area contributed by atoms with Gasteiger partial charge in [0.15, 0.2) is 0 Å². The first-order valence-corrected chi connectivity index (χ1v) is 10.4. The molecular weight excluding hydrogens is 372 g/mol. The van der Waals surface area contributed by atoms with Gasteiger partial charge >= 0.3 is 0 Å². The zero-order valence-corrected chi connectivity index (χ0v) is 17.4. The Bertz CT molecular complexity index is 813. The van der Waals surface area contributed by atoms with E-state index in [1.165, 1.54) is 10.1 Å². The Balaban J connectivity index is 1.73. The first-order chi connectivity index (χ1) is 13.8. The summed E-state index contributed by atoms with van der Waals surface area (Å²) in [5.74, 6) is -0.264. The van der Waals surface area contributed by atoms with Crippen LogP contribution in [0, 0.1) is 20.8 Å². The first kappa shape index (κ1) is 20.3. The molecule has 3 aliphatic rings. The van der Waals surface area contributed by atoms with Gasteiger partial charge in [-0.1, -0.05) is 17.7 Å². The molecule has 158 valence electrons. The topological polar surface area (TPSA) is 82.5 Å². The summed E-state index contributed by atoms with van der Waals surface area (Å²) in [4.78, 5) is 19.5. The maximum absolute atomic E-state index is 13.5. The number of piperidine rings is 1. The summed E-state index contributed by atoms with van der Waals surface area (Å²) in [5, 5.41) is 23.8. The molecule has 3 aliphatic heterocycles. The van der Waals surface area contributed by atoms with Gasteiger partial charge in [0.2, 0.25) is 0 Å². The van der Waals surface area contributed by atoms with Crippen LogP contribution in [0.1, 0.15) is 47.9 Å². The van der Waals surface area contributed by atoms with E-state index in [-0.39, 0.29) is 24.4 Å². The van der Waals surface area contributed by atoms with E-state index in [0.717, 1.165) is 35.1 Å². The van der Waals surface area contributed by atoms with Crippen molar-refractivity contribution < 1.29 is 24.7 Å². The van der Waals surface area contributed by atoms with Crippen molar-refractivity contribution in [3.05, 3.63) is 40.1 Å². The van der Waals surface area contributed by atoms with Crippen molar-refractivity contribution in [3.63, 3.8) is 0 Å². The quantitative estimate of drug-likeness (QED) is 0.806. The number of carbonyl (C=O) groups is 1. The second kappa shape index (κ2) is 7.72. The molecular formula is C22H30N2O5. The van der Waals surface area contributed by atoms with Gasteiger partial charge in [0.05, 0.1) is 11.7 Å². The maximum Gasteiger partial charge on any atom is 0.282 e. The lowest BCUT2D eigenvalue weighted by Gasteiger charge is -2.42. The molecule has 1 aromatic carbocycles. The van der Waals surface area contributed by atoms with E-state index >= 15 is 0 Å². The van der Waals surface area contributed by atoms with Gasteiger partial charge in [-0.25, -0.2) is 5.06 Å². The number of aliphatic hydroxyl groups is 1. The van der Waals surface area contributed by atoms with E-state index in [9.17, 15) is 15.1 Å². The fourth-order valence-corrected chi connectivity index (χ4v) is 4.95. The zero-order valence-electron chi connectivity index (χ0n) is 17.4. The highest BCUT2D eigenvalue weighted by Gasteiger charge is 2.55. The molecule has 2 saturated heterocycles. The lowest BCUT2D eigenvalue weighted by molar-refractivity contribution is -0.236. The molecule has 29 heavy (non-hydrogen) atoms. The lowest BCUT2D eigenvalue weighted by Crippen LogP contribution is -2.55. The number of hydrogen-bond donors (Lipinski definition) is 2. The lowest BCUT2D eigenvalue weighted by atomic mass is 9.85. The van der Waals surface area contributed by atoms with Gasteiger partial charge < -0.3 is 15.1 Å². The van der Waals surface area contributed by atoms with Crippen molar-refractivity contribution >= 4 is 11.5 Å². The van der Waals surface area contributed by atoms with E-state index in [2.05, 4.69) is 0 Å². The third-order valence-corrected chi connectivity index (χ3v) is 6.37. The zero-order chi connectivity index (χ0) is 20.8. The predicted octanol–water partition coefficient (Wildman–Crippen LogP) is 3.06. The van der Waals surface area contributed by atoms with Crippen molar-refractivity contribution in [3.8, 4) is 0 Å². The molecule has 0 saturated carbocycles. The number of ether oxygens (including phenoxy) is 1. The number of rotatable bonds is 4. The fraction of sp³-hybridized carbons (Fsp3) is 0.591. The van der Waals surface area contributed by atoms with Gasteiger partial charge in [0, 0.05) is 19.7 Å². The van der Waals surface area contributed by atoms with Crippen LogP contribution in [0.15, 0.2) is 17.9 Å². The molecule has 7 heteroatoms. The van der Waals surface area contributed by atoms with Crippen molar-refractivity contribution in [2.45, 2.75) is 58.1 Å². The van der Waals surface area contributed by atoms with Crippen molar-refractivity contribution in [2.24, 2.45) is 0 Å². The summed E-state index contributed by atoms with van der Waals surface area (Å²) >= 11 is 0. The Morgan fingerprint density at radius 1 is 1.21 bits per heavy atom. The standard InChI is InChI=1S/C22H30N2O5/c1-14-11-15(2)18(16(3)12-14)19-20(25)22(6-8-23(27)9-7-22)24(21(19)26)29-13-17-5-4-10-28-17/h11-12,17,25,27H,4-10,13H2,1-3H3. The van der Waals surface area contributed by atoms with Gasteiger partial charge in [-0.3, -0.25) is 9.63 Å². The Labute approximate surface area is 171 Å². The molecule has 2 fully saturated rings. The largest absolute Gasteiger partial charge is 0.509 e. The minimum Gasteiger partial charge on any atom is -0.509 e. The van der Waals surface area contributed by atoms with Crippen molar-refractivity contribution in [2.75, 3.05) is 26.3 Å². The molecule has 3 heterocycles. The summed E-state index contributed by atoms with van der Waals surface area (Å²) in [6.07, 6.45) is 2.66. The summed E-state index contributed by atoms with van der Waals surface area (Å²) in [5.41, 5.74) is 3.16. The summed E-state index contributed by atoms with van der Waals surface area (Å²) in [6, 6.07) is 4.05. The molecule has 0 bridgehead atoms. The van der Waals surface area contributed by atoms with E-state index in [0.29, 0.717) is 38.1 Å². The van der Waals surface area contributed by atoms with Crippen LogP contribution in [0.4, 0.5) is 0 Å². The van der Waals surface area contributed by atoms with E-state index in [1.54, 1.807) is 0 Å². The molecule has 1 aromatic rings. The van der Waals surface area contributed by atoms with Gasteiger partial charge in [0.1, 0.15) is 17.9 Å². The number of hydroxylamine groups is 4. The molecule has 0 aromatic heterocycles. The van der Waals surface area contributed by atoms with Crippen LogP contribution in [0.5, 0.6) is 0 Å². The molecule has 1 atom stereocenters. The molecule has 0 radical (unpaired) electrons. The molecule has 1 amide bonds. The molecule has 0 aliphatic carbocycles. The normalized spacial score (nSPS) is 24.9. The minimum absolute atomic E-state index is 0.0354. The summed E-state index contributed by atoms with van der Waals surface area (Å²) in [6.45, 7) is 7.64. The van der Waals surface area contributed by atoms with Crippen LogP contribution in [-0.4, -0.2) is 64.3 Å². The number of nitrogens with zero attached hydrogens (tertiary/aromatic N) is 2. The third-order valence-electron chi connectivity index (χ3n) is 6.37. The molecule has 1 unspecified atom stereocenters. The number of carbonyl (C=O) groups excluding carboxylic acids is 1. The molecule has 7 nitrogen and oxygen atoms in total. The Morgan fingerprint density at radius 2 is 1.86 bits per heavy atom. The number of aliphatic hydroxyl groups excluding tert-OH is 1. The first-order valence-electron chi connectivity index (χ1n) is 10.4. The van der Waals surface area contributed by atoms with Gasteiger partial charge in [0.25, 0.3) is 5.91 Å². The van der Waals surface area contributed by atoms with Crippen molar-refractivity contribution in [1.82, 2.24) is 10.1 Å². The smallest absolute Gasteiger partial charge is 0.282 e. The van der Waals surface area contributed by atoms with E-state index < -0.39 is 5.54 Å². The number of amides is 1. The van der Waals surface area contributed by atoms with Gasteiger partial charge in [-0.2, -0.15) is 5.06 Å². The van der Waals surface area contributed by atoms with Crippen LogP contribution >= 0.6 is 0 Å². The van der Waals surface area contributed by atoms with Crippen LogP contribution in [0.3, 0.4) is 0 Å². The summed E-state index contributed by atoms with van der Waals surface area (Å²) in [7, 11) is 0. The highest BCUT2D eigenvalue weighted by molar-refractivity contribution is 6.23. The average Bonchev–Trinajstić information content (AvgIpc) is 3.24. The SMILES string of the molecule is Cc1cc(C)c(C2=C(O)C3(CCN(O)CC3)N(OCC3CCCO3)C2=O)c(C)c1. The van der Waals surface area contributed by atoms with Crippen LogP contribution in [-0.2, 0) is 14.4 Å².